The van der Waals surface area contributed by atoms with Crippen LogP contribution in [0.5, 0.6) is 0 Å². The minimum atomic E-state index is -0.658. The maximum atomic E-state index is 8.77. The van der Waals surface area contributed by atoms with E-state index in [1.807, 2.05) is 42.5 Å². The summed E-state index contributed by atoms with van der Waals surface area (Å²) in [5, 5.41) is 17.5. The van der Waals surface area contributed by atoms with Crippen LogP contribution in [0, 0.1) is 28.6 Å². The highest BCUT2D eigenvalue weighted by Gasteiger charge is 2.18. The van der Waals surface area contributed by atoms with Crippen molar-refractivity contribution in [1.82, 2.24) is 0 Å². The molecule has 1 aromatic carbocycles. The summed E-state index contributed by atoms with van der Waals surface area (Å²) in [5.41, 5.74) is 0.954. The zero-order valence-electron chi connectivity index (χ0n) is 7.72. The number of nitriles is 2. The summed E-state index contributed by atoms with van der Waals surface area (Å²) in [4.78, 5) is 0. The number of rotatable bonds is 3. The van der Waals surface area contributed by atoms with Gasteiger partial charge in [0.2, 0.25) is 0 Å². The Bertz CT molecular complexity index is 367. The molecule has 2 heteroatoms. The first-order valence-electron chi connectivity index (χ1n) is 4.30. The molecule has 0 aromatic heterocycles. The lowest BCUT2D eigenvalue weighted by Crippen LogP contribution is -2.06. The normalized spacial score (nSPS) is 11.4. The van der Waals surface area contributed by atoms with Crippen molar-refractivity contribution in [1.29, 1.82) is 10.5 Å². The molecular formula is C12H10N2. The molecule has 14 heavy (non-hydrogen) atoms. The monoisotopic (exact) mass is 182 g/mol. The predicted molar refractivity (Wildman–Crippen MR) is 54.1 cm³/mol. The lowest BCUT2D eigenvalue weighted by molar-refractivity contribution is 0.734. The van der Waals surface area contributed by atoms with Gasteiger partial charge in [-0.25, -0.2) is 0 Å². The number of allylic oxidation sites excluding steroid dienone is 1. The Morgan fingerprint density at radius 2 is 1.71 bits per heavy atom. The molecule has 1 atom stereocenters. The lowest BCUT2D eigenvalue weighted by Gasteiger charge is -2.12. The molecule has 68 valence electrons. The molecule has 1 rings (SSSR count). The van der Waals surface area contributed by atoms with Crippen molar-refractivity contribution in [2.75, 3.05) is 0 Å². The summed E-state index contributed by atoms with van der Waals surface area (Å²) in [7, 11) is 0. The SMILES string of the molecule is C=C[C@@H](c1ccccc1)C(C#N)C#N. The van der Waals surface area contributed by atoms with E-state index in [0.29, 0.717) is 0 Å². The second-order valence-electron chi connectivity index (χ2n) is 2.91. The molecule has 0 aliphatic carbocycles. The zero-order chi connectivity index (χ0) is 10.4. The molecule has 0 aliphatic rings. The maximum Gasteiger partial charge on any atom is 0.143 e. The summed E-state index contributed by atoms with van der Waals surface area (Å²) < 4.78 is 0. The lowest BCUT2D eigenvalue weighted by atomic mass is 9.88. The highest BCUT2D eigenvalue weighted by atomic mass is 14.3. The third-order valence-corrected chi connectivity index (χ3v) is 2.08. The molecule has 0 heterocycles. The van der Waals surface area contributed by atoms with Crippen molar-refractivity contribution in [2.45, 2.75) is 5.92 Å². The standard InChI is InChI=1S/C12H10N2/c1-2-12(11(8-13)9-14)10-6-4-3-5-7-10/h2-7,11-12H,1H2/t12-/m0/s1. The van der Waals surface area contributed by atoms with Crippen molar-refractivity contribution in [3.05, 3.63) is 48.6 Å². The minimum Gasteiger partial charge on any atom is -0.197 e. The molecular weight excluding hydrogens is 172 g/mol. The number of nitrogens with zero attached hydrogens (tertiary/aromatic N) is 2. The first-order chi connectivity index (χ1) is 6.83. The first-order valence-corrected chi connectivity index (χ1v) is 4.30. The van der Waals surface area contributed by atoms with E-state index in [1.54, 1.807) is 6.08 Å². The van der Waals surface area contributed by atoms with Gasteiger partial charge in [0.25, 0.3) is 0 Å². The number of hydrogen-bond acceptors (Lipinski definition) is 2. The van der Waals surface area contributed by atoms with Crippen molar-refractivity contribution in [3.8, 4) is 12.1 Å². The van der Waals surface area contributed by atoms with E-state index >= 15 is 0 Å². The molecule has 0 spiro atoms. The summed E-state index contributed by atoms with van der Waals surface area (Å²) in [6.45, 7) is 3.65. The summed E-state index contributed by atoms with van der Waals surface area (Å²) in [5.74, 6) is -0.860. The van der Waals surface area contributed by atoms with Crippen LogP contribution in [0.25, 0.3) is 0 Å². The topological polar surface area (TPSA) is 47.6 Å². The molecule has 0 saturated heterocycles. The highest BCUT2D eigenvalue weighted by Crippen LogP contribution is 2.24. The second kappa shape index (κ2) is 4.84. The van der Waals surface area contributed by atoms with E-state index < -0.39 is 5.92 Å². The van der Waals surface area contributed by atoms with Gasteiger partial charge >= 0.3 is 0 Å². The summed E-state index contributed by atoms with van der Waals surface area (Å²) in [6, 6.07) is 13.4. The van der Waals surface area contributed by atoms with Crippen LogP contribution < -0.4 is 0 Å². The Labute approximate surface area is 83.7 Å². The van der Waals surface area contributed by atoms with Crippen molar-refractivity contribution in [2.24, 2.45) is 5.92 Å². The Morgan fingerprint density at radius 3 is 2.14 bits per heavy atom. The summed E-state index contributed by atoms with van der Waals surface area (Å²) >= 11 is 0. The molecule has 0 amide bonds. The van der Waals surface area contributed by atoms with E-state index in [0.717, 1.165) is 5.56 Å². The van der Waals surface area contributed by atoms with E-state index in [9.17, 15) is 0 Å². The van der Waals surface area contributed by atoms with Crippen LogP contribution in [-0.4, -0.2) is 0 Å². The molecule has 0 radical (unpaired) electrons. The third-order valence-electron chi connectivity index (χ3n) is 2.08. The van der Waals surface area contributed by atoms with Crippen molar-refractivity contribution < 1.29 is 0 Å². The highest BCUT2D eigenvalue weighted by molar-refractivity contribution is 5.28. The van der Waals surface area contributed by atoms with Crippen LogP contribution in [0.1, 0.15) is 11.5 Å². The Hall–Kier alpha value is -2.06. The minimum absolute atomic E-state index is 0.203. The summed E-state index contributed by atoms with van der Waals surface area (Å²) in [6.07, 6.45) is 1.65. The average molecular weight is 182 g/mol. The Balaban J connectivity index is 3.01. The van der Waals surface area contributed by atoms with Gasteiger partial charge in [-0.2, -0.15) is 10.5 Å². The van der Waals surface area contributed by atoms with Crippen LogP contribution in [-0.2, 0) is 0 Å². The fourth-order valence-corrected chi connectivity index (χ4v) is 1.33. The van der Waals surface area contributed by atoms with Crippen molar-refractivity contribution in [3.63, 3.8) is 0 Å². The van der Waals surface area contributed by atoms with Gasteiger partial charge in [0.05, 0.1) is 12.1 Å². The van der Waals surface area contributed by atoms with Crippen LogP contribution in [0.4, 0.5) is 0 Å². The van der Waals surface area contributed by atoms with Gasteiger partial charge in [0, 0.05) is 5.92 Å². The van der Waals surface area contributed by atoms with Gasteiger partial charge < -0.3 is 0 Å². The Kier molecular flexibility index (Phi) is 3.47. The average Bonchev–Trinajstić information content (AvgIpc) is 2.27. The molecule has 1 aromatic rings. The molecule has 2 nitrogen and oxygen atoms in total. The predicted octanol–water partition coefficient (Wildman–Crippen LogP) is 2.62. The quantitative estimate of drug-likeness (QED) is 0.674. The Morgan fingerprint density at radius 1 is 1.14 bits per heavy atom. The maximum absolute atomic E-state index is 8.77. The number of benzene rings is 1. The molecule has 0 fully saturated rings. The van der Waals surface area contributed by atoms with Gasteiger partial charge in [-0.1, -0.05) is 36.4 Å². The molecule has 0 aliphatic heterocycles. The van der Waals surface area contributed by atoms with E-state index in [4.69, 9.17) is 10.5 Å². The van der Waals surface area contributed by atoms with Gasteiger partial charge in [-0.05, 0) is 5.56 Å². The first kappa shape index (κ1) is 10.0. The van der Waals surface area contributed by atoms with E-state index in [-0.39, 0.29) is 5.92 Å². The molecule has 0 N–H and O–H groups in total. The third kappa shape index (κ3) is 2.00. The largest absolute Gasteiger partial charge is 0.197 e. The van der Waals surface area contributed by atoms with Crippen LogP contribution in [0.2, 0.25) is 0 Å². The van der Waals surface area contributed by atoms with E-state index in [1.165, 1.54) is 0 Å². The van der Waals surface area contributed by atoms with Crippen molar-refractivity contribution >= 4 is 0 Å². The molecule has 0 unspecified atom stereocenters. The van der Waals surface area contributed by atoms with Gasteiger partial charge in [0.1, 0.15) is 5.92 Å². The fraction of sp³-hybridized carbons (Fsp3) is 0.167. The molecule has 0 bridgehead atoms. The van der Waals surface area contributed by atoms with Crippen LogP contribution >= 0.6 is 0 Å². The smallest absolute Gasteiger partial charge is 0.143 e. The van der Waals surface area contributed by atoms with Gasteiger partial charge in [-0.15, -0.1) is 6.58 Å². The second-order valence-corrected chi connectivity index (χ2v) is 2.91. The van der Waals surface area contributed by atoms with Crippen LogP contribution in [0.3, 0.4) is 0 Å². The van der Waals surface area contributed by atoms with Crippen LogP contribution in [0.15, 0.2) is 43.0 Å². The molecule has 0 saturated carbocycles. The van der Waals surface area contributed by atoms with Gasteiger partial charge in [0.15, 0.2) is 0 Å². The van der Waals surface area contributed by atoms with E-state index in [2.05, 4.69) is 6.58 Å². The number of hydrogen-bond donors (Lipinski definition) is 0. The van der Waals surface area contributed by atoms with Gasteiger partial charge in [-0.3, -0.25) is 0 Å². The fourth-order valence-electron chi connectivity index (χ4n) is 1.33. The zero-order valence-corrected chi connectivity index (χ0v) is 7.72.